The predicted molar refractivity (Wildman–Crippen MR) is 109 cm³/mol. The Balaban J connectivity index is 1.84. The number of fused-ring (bicyclic) bond motifs is 5. The minimum Gasteiger partial charge on any atom is -0.494 e. The van der Waals surface area contributed by atoms with Crippen LogP contribution >= 0.6 is 0 Å². The summed E-state index contributed by atoms with van der Waals surface area (Å²) in [5, 5.41) is 0. The zero-order valence-corrected chi connectivity index (χ0v) is 15.5. The second kappa shape index (κ2) is 9.37. The van der Waals surface area contributed by atoms with Gasteiger partial charge in [0.25, 0.3) is 0 Å². The average molecular weight is 354 g/mol. The summed E-state index contributed by atoms with van der Waals surface area (Å²) in [6, 6.07) is 11.6. The Kier molecular flexibility index (Phi) is 6.64. The number of nitrogens with two attached hydrogens (primary N) is 2. The lowest BCUT2D eigenvalue weighted by atomic mass is 10.0. The van der Waals surface area contributed by atoms with E-state index in [2.05, 4.69) is 0 Å². The molecule has 0 aromatic heterocycles. The highest BCUT2D eigenvalue weighted by atomic mass is 16.5. The molecule has 4 nitrogen and oxygen atoms in total. The van der Waals surface area contributed by atoms with Gasteiger partial charge in [0.15, 0.2) is 0 Å². The Morgan fingerprint density at radius 1 is 0.538 bits per heavy atom. The molecule has 2 aromatic rings. The van der Waals surface area contributed by atoms with E-state index in [-0.39, 0.29) is 0 Å². The van der Waals surface area contributed by atoms with Crippen molar-refractivity contribution in [3.8, 4) is 22.6 Å². The molecular weight excluding hydrogens is 324 g/mol. The van der Waals surface area contributed by atoms with Gasteiger partial charge < -0.3 is 20.9 Å². The molecule has 2 aromatic carbocycles. The van der Waals surface area contributed by atoms with Gasteiger partial charge >= 0.3 is 0 Å². The van der Waals surface area contributed by atoms with Gasteiger partial charge in [-0.25, -0.2) is 0 Å². The van der Waals surface area contributed by atoms with Crippen molar-refractivity contribution in [3.63, 3.8) is 0 Å². The molecule has 1 heterocycles. The summed E-state index contributed by atoms with van der Waals surface area (Å²) in [7, 11) is 0. The van der Waals surface area contributed by atoms with Crippen molar-refractivity contribution in [2.45, 2.75) is 51.4 Å². The van der Waals surface area contributed by atoms with E-state index in [1.54, 1.807) is 0 Å². The van der Waals surface area contributed by atoms with Gasteiger partial charge in [-0.15, -0.1) is 0 Å². The van der Waals surface area contributed by atoms with Gasteiger partial charge in [0, 0.05) is 22.5 Å². The van der Waals surface area contributed by atoms with E-state index < -0.39 is 0 Å². The molecule has 0 saturated heterocycles. The minimum atomic E-state index is 0.690. The van der Waals surface area contributed by atoms with E-state index in [0.29, 0.717) is 11.4 Å². The Labute approximate surface area is 156 Å². The van der Waals surface area contributed by atoms with Gasteiger partial charge in [0.05, 0.1) is 13.2 Å². The van der Waals surface area contributed by atoms with Crippen LogP contribution < -0.4 is 20.9 Å². The maximum atomic E-state index is 6.21. The first-order chi connectivity index (χ1) is 12.7. The van der Waals surface area contributed by atoms with Gasteiger partial charge in [0.2, 0.25) is 0 Å². The number of benzene rings is 2. The summed E-state index contributed by atoms with van der Waals surface area (Å²) in [4.78, 5) is 0. The van der Waals surface area contributed by atoms with Crippen molar-refractivity contribution in [1.82, 2.24) is 0 Å². The quantitative estimate of drug-likeness (QED) is 0.621. The molecule has 0 radical (unpaired) electrons. The average Bonchev–Trinajstić information content (AvgIpc) is 2.64. The lowest BCUT2D eigenvalue weighted by Crippen LogP contribution is -2.01. The molecule has 1 aliphatic heterocycles. The number of hydrogen-bond acceptors (Lipinski definition) is 4. The molecule has 4 bridgehead atoms. The summed E-state index contributed by atoms with van der Waals surface area (Å²) >= 11 is 0. The number of hydrogen-bond donors (Lipinski definition) is 2. The first kappa shape index (κ1) is 18.4. The third-order valence-corrected chi connectivity index (χ3v) is 4.92. The molecule has 0 atom stereocenters. The molecule has 4 heteroatoms. The second-order valence-corrected chi connectivity index (χ2v) is 7.02. The van der Waals surface area contributed by atoms with Crippen LogP contribution in [-0.4, -0.2) is 13.2 Å². The van der Waals surface area contributed by atoms with Crippen molar-refractivity contribution >= 4 is 11.4 Å². The Hall–Kier alpha value is -2.36. The molecule has 140 valence electrons. The van der Waals surface area contributed by atoms with Crippen molar-refractivity contribution in [1.29, 1.82) is 0 Å². The van der Waals surface area contributed by atoms with Crippen LogP contribution in [0.1, 0.15) is 51.4 Å². The second-order valence-electron chi connectivity index (χ2n) is 7.02. The highest BCUT2D eigenvalue weighted by Gasteiger charge is 2.10. The molecule has 0 fully saturated rings. The third-order valence-electron chi connectivity index (χ3n) is 4.92. The van der Waals surface area contributed by atoms with Crippen LogP contribution in [0.2, 0.25) is 0 Å². The fourth-order valence-electron chi connectivity index (χ4n) is 3.36. The monoisotopic (exact) mass is 354 g/mol. The molecule has 4 N–H and O–H groups in total. The molecule has 0 amide bonds. The van der Waals surface area contributed by atoms with Crippen LogP contribution in [0.5, 0.6) is 11.5 Å². The van der Waals surface area contributed by atoms with Crippen molar-refractivity contribution in [3.05, 3.63) is 36.4 Å². The lowest BCUT2D eigenvalue weighted by Gasteiger charge is -2.14. The summed E-state index contributed by atoms with van der Waals surface area (Å²) in [5.41, 5.74) is 15.6. The van der Waals surface area contributed by atoms with E-state index in [9.17, 15) is 0 Å². The van der Waals surface area contributed by atoms with Crippen LogP contribution in [0, 0.1) is 0 Å². The molecule has 0 aliphatic carbocycles. The van der Waals surface area contributed by atoms with E-state index in [1.165, 1.54) is 38.5 Å². The maximum absolute atomic E-state index is 6.21. The molecule has 0 spiro atoms. The number of rotatable bonds is 0. The summed E-state index contributed by atoms with van der Waals surface area (Å²) in [5.74, 6) is 1.67. The SMILES string of the molecule is Nc1ccc2cc1-c1cc(ccc1N)OCCCCCCCCCCO2. The molecular formula is C22H30N2O2. The van der Waals surface area contributed by atoms with Crippen molar-refractivity contribution in [2.75, 3.05) is 24.7 Å². The number of anilines is 2. The van der Waals surface area contributed by atoms with Crippen LogP contribution in [0.25, 0.3) is 11.1 Å². The fraction of sp³-hybridized carbons (Fsp3) is 0.455. The van der Waals surface area contributed by atoms with Crippen LogP contribution in [0.3, 0.4) is 0 Å². The molecule has 0 saturated carbocycles. The predicted octanol–water partition coefficient (Wildman–Crippen LogP) is 5.41. The molecule has 1 aliphatic rings. The molecule has 0 unspecified atom stereocenters. The maximum Gasteiger partial charge on any atom is 0.120 e. The summed E-state index contributed by atoms with van der Waals surface area (Å²) in [6.45, 7) is 1.48. The highest BCUT2D eigenvalue weighted by Crippen LogP contribution is 2.36. The molecule has 3 rings (SSSR count). The minimum absolute atomic E-state index is 0.690. The van der Waals surface area contributed by atoms with Gasteiger partial charge in [-0.05, 0) is 49.2 Å². The lowest BCUT2D eigenvalue weighted by molar-refractivity contribution is 0.301. The van der Waals surface area contributed by atoms with Crippen LogP contribution in [0.15, 0.2) is 36.4 Å². The van der Waals surface area contributed by atoms with E-state index >= 15 is 0 Å². The first-order valence-corrected chi connectivity index (χ1v) is 9.79. The third kappa shape index (κ3) is 5.07. The highest BCUT2D eigenvalue weighted by molar-refractivity contribution is 5.85. The van der Waals surface area contributed by atoms with Crippen molar-refractivity contribution in [2.24, 2.45) is 0 Å². The van der Waals surface area contributed by atoms with E-state index in [4.69, 9.17) is 20.9 Å². The van der Waals surface area contributed by atoms with Gasteiger partial charge in [0.1, 0.15) is 11.5 Å². The summed E-state index contributed by atoms with van der Waals surface area (Å²) < 4.78 is 11.9. The fourth-order valence-corrected chi connectivity index (χ4v) is 3.36. The van der Waals surface area contributed by atoms with E-state index in [1.807, 2.05) is 36.4 Å². The summed E-state index contributed by atoms with van der Waals surface area (Å²) in [6.07, 6.45) is 9.82. The standard InChI is InChI=1S/C22H30N2O2/c23-21-11-9-17-15-19(21)20-16-18(10-12-22(20)24)26-14-8-6-4-2-1-3-5-7-13-25-17/h9-12,15-16H,1-8,13-14,23-24H2. The largest absolute Gasteiger partial charge is 0.494 e. The van der Waals surface area contributed by atoms with Crippen LogP contribution in [-0.2, 0) is 0 Å². The normalized spacial score (nSPS) is 16.6. The van der Waals surface area contributed by atoms with Crippen molar-refractivity contribution < 1.29 is 9.47 Å². The molecule has 26 heavy (non-hydrogen) atoms. The van der Waals surface area contributed by atoms with Gasteiger partial charge in [-0.3, -0.25) is 0 Å². The zero-order chi connectivity index (χ0) is 18.2. The number of ether oxygens (including phenoxy) is 2. The smallest absolute Gasteiger partial charge is 0.120 e. The van der Waals surface area contributed by atoms with Gasteiger partial charge in [-0.2, -0.15) is 0 Å². The Bertz CT molecular complexity index is 654. The Morgan fingerprint density at radius 2 is 0.923 bits per heavy atom. The zero-order valence-electron chi connectivity index (χ0n) is 15.5. The Morgan fingerprint density at radius 3 is 1.35 bits per heavy atom. The van der Waals surface area contributed by atoms with Crippen LogP contribution in [0.4, 0.5) is 11.4 Å². The van der Waals surface area contributed by atoms with Gasteiger partial charge in [-0.1, -0.05) is 38.5 Å². The van der Waals surface area contributed by atoms with E-state index in [0.717, 1.165) is 48.7 Å². The topological polar surface area (TPSA) is 70.5 Å². The number of nitrogen functional groups attached to an aromatic ring is 2. The first-order valence-electron chi connectivity index (χ1n) is 9.79.